The Kier molecular flexibility index (Phi) is 11.7. The Labute approximate surface area is 215 Å². The maximum absolute atomic E-state index is 13.4. The molecule has 1 aromatic carbocycles. The molecule has 0 aliphatic heterocycles. The number of alkyl halides is 3. The number of nitrogens with one attached hydrogen (secondary N) is 1. The van der Waals surface area contributed by atoms with Crippen LogP contribution in [0.3, 0.4) is 0 Å². The van der Waals surface area contributed by atoms with Gasteiger partial charge < -0.3 is 15.5 Å². The number of aryl methyl sites for hydroxylation is 2. The summed E-state index contributed by atoms with van der Waals surface area (Å²) in [4.78, 5) is 15.2. The monoisotopic (exact) mass is 527 g/mol. The van der Waals surface area contributed by atoms with Gasteiger partial charge in [0.15, 0.2) is 0 Å². The van der Waals surface area contributed by atoms with Crippen LogP contribution in [-0.4, -0.2) is 57.3 Å². The van der Waals surface area contributed by atoms with E-state index in [2.05, 4.69) is 24.1 Å². The number of halogens is 3. The van der Waals surface area contributed by atoms with Crippen LogP contribution in [0.1, 0.15) is 56.2 Å². The number of β-amino-alcohol motifs (C(OH)–C–C–N with tert-alkyl or cyclic N) is 1. The molecular formula is C26H36F3N3O3S. The van der Waals surface area contributed by atoms with Gasteiger partial charge in [0.25, 0.3) is 0 Å². The fourth-order valence-corrected chi connectivity index (χ4v) is 4.80. The molecular weight excluding hydrogens is 491 g/mol. The van der Waals surface area contributed by atoms with Crippen molar-refractivity contribution < 1.29 is 28.2 Å². The van der Waals surface area contributed by atoms with Gasteiger partial charge in [-0.15, -0.1) is 0 Å². The minimum Gasteiger partial charge on any atom is -0.481 e. The number of hydrogen-bond donors (Lipinski definition) is 3. The van der Waals surface area contributed by atoms with Gasteiger partial charge in [0.05, 0.1) is 11.7 Å². The summed E-state index contributed by atoms with van der Waals surface area (Å²) >= 11 is 1.13. The fourth-order valence-electron chi connectivity index (χ4n) is 3.81. The van der Waals surface area contributed by atoms with Gasteiger partial charge in [-0.05, 0) is 106 Å². The van der Waals surface area contributed by atoms with Crippen LogP contribution in [0.15, 0.2) is 47.6 Å². The molecule has 1 heterocycles. The minimum absolute atomic E-state index is 0.0993. The molecule has 0 bridgehead atoms. The molecule has 0 fully saturated rings. The van der Waals surface area contributed by atoms with E-state index >= 15 is 0 Å². The highest BCUT2D eigenvalue weighted by Crippen LogP contribution is 2.34. The molecule has 3 N–H and O–H groups in total. The summed E-state index contributed by atoms with van der Waals surface area (Å²) in [6, 6.07) is 7.80. The molecule has 0 saturated carbocycles. The first kappa shape index (κ1) is 30.1. The lowest BCUT2D eigenvalue weighted by atomic mass is 9.95. The summed E-state index contributed by atoms with van der Waals surface area (Å²) in [6.45, 7) is 4.78. The molecule has 2 aromatic rings. The number of benzene rings is 1. The van der Waals surface area contributed by atoms with Crippen molar-refractivity contribution >= 4 is 17.9 Å². The minimum atomic E-state index is -4.50. The quantitative estimate of drug-likeness (QED) is 0.275. The van der Waals surface area contributed by atoms with Crippen LogP contribution in [0, 0.1) is 0 Å². The summed E-state index contributed by atoms with van der Waals surface area (Å²) in [6.07, 6.45) is 1.62. The lowest BCUT2D eigenvalue weighted by Gasteiger charge is -2.29. The predicted molar refractivity (Wildman–Crippen MR) is 136 cm³/mol. The van der Waals surface area contributed by atoms with Gasteiger partial charge in [0.2, 0.25) is 0 Å². The van der Waals surface area contributed by atoms with E-state index in [0.29, 0.717) is 17.0 Å². The molecule has 36 heavy (non-hydrogen) atoms. The Bertz CT molecular complexity index is 958. The number of aliphatic hydroxyl groups is 1. The molecule has 2 rings (SSSR count). The molecule has 10 heteroatoms. The van der Waals surface area contributed by atoms with Gasteiger partial charge in [-0.25, -0.2) is 4.31 Å². The summed E-state index contributed by atoms with van der Waals surface area (Å²) in [5, 5.41) is 22.7. The largest absolute Gasteiger partial charge is 0.481 e. The first-order valence-corrected chi connectivity index (χ1v) is 12.8. The Balaban J connectivity index is 1.86. The number of hydrogen-bond acceptors (Lipinski definition) is 6. The zero-order valence-electron chi connectivity index (χ0n) is 21.0. The molecule has 0 amide bonds. The van der Waals surface area contributed by atoms with Gasteiger partial charge in [0, 0.05) is 42.3 Å². The molecule has 0 unspecified atom stereocenters. The molecule has 0 aliphatic rings. The summed E-state index contributed by atoms with van der Waals surface area (Å²) in [5.74, 6) is -0.976. The van der Waals surface area contributed by atoms with Gasteiger partial charge in [0.1, 0.15) is 0 Å². The Morgan fingerprint density at radius 1 is 1.11 bits per heavy atom. The normalized spacial score (nSPS) is 13.2. The average Bonchev–Trinajstić information content (AvgIpc) is 2.77. The second kappa shape index (κ2) is 14.0. The fraction of sp³-hybridized carbons (Fsp3) is 0.538. The van der Waals surface area contributed by atoms with E-state index in [1.165, 1.54) is 5.56 Å². The van der Waals surface area contributed by atoms with E-state index in [1.54, 1.807) is 29.8 Å². The summed E-state index contributed by atoms with van der Waals surface area (Å²) in [5.41, 5.74) is 0.741. The van der Waals surface area contributed by atoms with Crippen LogP contribution in [0.5, 0.6) is 0 Å². The zero-order valence-corrected chi connectivity index (χ0v) is 21.8. The van der Waals surface area contributed by atoms with E-state index in [1.807, 2.05) is 12.1 Å². The number of carboxylic acids is 1. The van der Waals surface area contributed by atoms with Gasteiger partial charge in [-0.2, -0.15) is 13.2 Å². The van der Waals surface area contributed by atoms with E-state index in [4.69, 9.17) is 5.11 Å². The molecule has 0 aliphatic carbocycles. The molecule has 1 atom stereocenters. The summed E-state index contributed by atoms with van der Waals surface area (Å²) < 4.78 is 41.8. The number of rotatable bonds is 15. The van der Waals surface area contributed by atoms with E-state index in [9.17, 15) is 23.1 Å². The first-order chi connectivity index (χ1) is 16.8. The van der Waals surface area contributed by atoms with Crippen molar-refractivity contribution in [3.8, 4) is 0 Å². The number of pyridine rings is 1. The van der Waals surface area contributed by atoms with Gasteiger partial charge in [-0.3, -0.25) is 9.78 Å². The second-order valence-electron chi connectivity index (χ2n) is 9.64. The van der Waals surface area contributed by atoms with Crippen LogP contribution in [0.2, 0.25) is 0 Å². The zero-order chi connectivity index (χ0) is 26.8. The topological polar surface area (TPSA) is 85.7 Å². The highest BCUT2D eigenvalue weighted by atomic mass is 32.2. The van der Waals surface area contributed by atoms with Gasteiger partial charge >= 0.3 is 12.1 Å². The number of likely N-dealkylation sites (N-methyl/N-ethyl adjacent to an activating group) is 1. The molecule has 200 valence electrons. The van der Waals surface area contributed by atoms with Crippen LogP contribution in [-0.2, 0) is 23.8 Å². The third-order valence-electron chi connectivity index (χ3n) is 5.71. The highest BCUT2D eigenvalue weighted by Gasteiger charge is 2.31. The number of carbonyl (C=O) groups is 1. The van der Waals surface area contributed by atoms with E-state index in [-0.39, 0.29) is 31.3 Å². The third kappa shape index (κ3) is 11.7. The van der Waals surface area contributed by atoms with Crippen molar-refractivity contribution in [3.05, 3.63) is 59.4 Å². The van der Waals surface area contributed by atoms with Crippen molar-refractivity contribution in [1.29, 1.82) is 0 Å². The van der Waals surface area contributed by atoms with Crippen molar-refractivity contribution in [1.82, 2.24) is 14.6 Å². The van der Waals surface area contributed by atoms with Crippen molar-refractivity contribution in [2.24, 2.45) is 0 Å². The van der Waals surface area contributed by atoms with E-state index in [0.717, 1.165) is 43.3 Å². The number of nitrogens with zero attached hydrogens (tertiary/aromatic N) is 2. The number of aliphatic hydroxyl groups excluding tert-OH is 1. The molecule has 0 saturated heterocycles. The van der Waals surface area contributed by atoms with Crippen molar-refractivity contribution in [3.63, 3.8) is 0 Å². The van der Waals surface area contributed by atoms with E-state index < -0.39 is 23.8 Å². The molecule has 0 radical (unpaired) electrons. The van der Waals surface area contributed by atoms with Crippen LogP contribution in [0.4, 0.5) is 13.2 Å². The Morgan fingerprint density at radius 2 is 1.78 bits per heavy atom. The van der Waals surface area contributed by atoms with Crippen molar-refractivity contribution in [2.75, 3.05) is 20.1 Å². The number of aliphatic carboxylic acids is 1. The first-order valence-electron chi connectivity index (χ1n) is 12.0. The lowest BCUT2D eigenvalue weighted by Crippen LogP contribution is -2.45. The standard InChI is InChI=1S/C26H36F3N3O3S/c1-25(2,11-5-7-19-9-12-30-13-10-19)31-17-22(33)18-32(3)36-23-15-20(6-4-8-24(34)35)14-21(16-23)26(27,28)29/h9-10,12-16,22,31,33H,4-8,11,17-18H2,1-3H3,(H,34,35)/t22-/m1/s1. The van der Waals surface area contributed by atoms with Crippen LogP contribution in [0.25, 0.3) is 0 Å². The maximum atomic E-state index is 13.4. The van der Waals surface area contributed by atoms with Crippen LogP contribution < -0.4 is 5.32 Å². The average molecular weight is 528 g/mol. The Morgan fingerprint density at radius 3 is 2.42 bits per heavy atom. The maximum Gasteiger partial charge on any atom is 0.416 e. The summed E-state index contributed by atoms with van der Waals surface area (Å²) in [7, 11) is 1.72. The number of aromatic nitrogens is 1. The van der Waals surface area contributed by atoms with Gasteiger partial charge in [-0.1, -0.05) is 0 Å². The predicted octanol–water partition coefficient (Wildman–Crippen LogP) is 5.20. The van der Waals surface area contributed by atoms with Crippen LogP contribution >= 0.6 is 11.9 Å². The molecule has 1 aromatic heterocycles. The SMILES string of the molecule is CN(C[C@H](O)CNC(C)(C)CCCc1ccncc1)Sc1cc(CCCC(=O)O)cc(C(F)(F)F)c1. The third-order valence-corrected chi connectivity index (χ3v) is 6.62. The molecule has 0 spiro atoms. The highest BCUT2D eigenvalue weighted by molar-refractivity contribution is 7.97. The smallest absolute Gasteiger partial charge is 0.416 e. The second-order valence-corrected chi connectivity index (χ2v) is 10.9. The lowest BCUT2D eigenvalue weighted by molar-refractivity contribution is -0.138. The molecule has 6 nitrogen and oxygen atoms in total. The Hall–Kier alpha value is -2.14. The van der Waals surface area contributed by atoms with Crippen molar-refractivity contribution in [2.45, 2.75) is 75.1 Å². The number of carboxylic acid groups (broad SMARTS) is 1.